The molecule has 2 atom stereocenters. The second kappa shape index (κ2) is 5.32. The van der Waals surface area contributed by atoms with E-state index in [4.69, 9.17) is 4.74 Å². The molecule has 0 aliphatic rings. The van der Waals surface area contributed by atoms with Gasteiger partial charge < -0.3 is 10.1 Å². The van der Waals surface area contributed by atoms with Crippen LogP contribution in [0.2, 0.25) is 0 Å². The van der Waals surface area contributed by atoms with E-state index in [0.29, 0.717) is 11.9 Å². The smallest absolute Gasteiger partial charge is 0.213 e. The average Bonchev–Trinajstić information content (AvgIpc) is 2.20. The molecule has 0 aromatic carbocycles. The highest BCUT2D eigenvalue weighted by atomic mass is 79.9. The summed E-state index contributed by atoms with van der Waals surface area (Å²) >= 11 is 3.32. The van der Waals surface area contributed by atoms with E-state index in [2.05, 4.69) is 33.2 Å². The van der Waals surface area contributed by atoms with Crippen molar-refractivity contribution in [3.05, 3.63) is 22.8 Å². The van der Waals surface area contributed by atoms with Crippen LogP contribution in [0.15, 0.2) is 22.8 Å². The number of halogens is 1. The molecule has 78 valence electrons. The van der Waals surface area contributed by atoms with Crippen LogP contribution in [-0.2, 0) is 0 Å². The van der Waals surface area contributed by atoms with Gasteiger partial charge in [-0.15, -0.1) is 0 Å². The number of nitrogens with one attached hydrogen (secondary N) is 1. The Balaban J connectivity index is 2.56. The van der Waals surface area contributed by atoms with E-state index in [9.17, 15) is 0 Å². The molecule has 0 spiro atoms. The summed E-state index contributed by atoms with van der Waals surface area (Å²) in [5.41, 5.74) is 0. The van der Waals surface area contributed by atoms with Gasteiger partial charge in [0.15, 0.2) is 0 Å². The first-order valence-corrected chi connectivity index (χ1v) is 5.38. The lowest BCUT2D eigenvalue weighted by atomic mass is 10.2. The van der Waals surface area contributed by atoms with Crippen LogP contribution in [0.25, 0.3) is 0 Å². The third-order valence-electron chi connectivity index (χ3n) is 2.17. The number of ether oxygens (including phenoxy) is 1. The number of hydrogen-bond donors (Lipinski definition) is 1. The third-order valence-corrected chi connectivity index (χ3v) is 2.64. The van der Waals surface area contributed by atoms with Gasteiger partial charge in [0.1, 0.15) is 6.10 Å². The van der Waals surface area contributed by atoms with E-state index in [0.717, 1.165) is 4.47 Å². The Morgan fingerprint density at radius 3 is 2.64 bits per heavy atom. The fraction of sp³-hybridized carbons (Fsp3) is 0.500. The monoisotopic (exact) mass is 258 g/mol. The first-order chi connectivity index (χ1) is 6.63. The Morgan fingerprint density at radius 2 is 2.14 bits per heavy atom. The van der Waals surface area contributed by atoms with Gasteiger partial charge in [0, 0.05) is 22.8 Å². The molecule has 14 heavy (non-hydrogen) atoms. The molecule has 0 saturated heterocycles. The van der Waals surface area contributed by atoms with Gasteiger partial charge in [0.2, 0.25) is 5.88 Å². The number of pyridine rings is 1. The molecule has 0 saturated carbocycles. The van der Waals surface area contributed by atoms with Crippen molar-refractivity contribution in [2.45, 2.75) is 26.0 Å². The van der Waals surface area contributed by atoms with Crippen molar-refractivity contribution in [3.8, 4) is 5.88 Å². The Hall–Kier alpha value is -0.610. The lowest BCUT2D eigenvalue weighted by molar-refractivity contribution is 0.175. The fourth-order valence-electron chi connectivity index (χ4n) is 0.959. The van der Waals surface area contributed by atoms with E-state index in [1.807, 2.05) is 26.1 Å². The zero-order valence-electron chi connectivity index (χ0n) is 8.62. The molecule has 0 amide bonds. The Kier molecular flexibility index (Phi) is 4.35. The van der Waals surface area contributed by atoms with Crippen LogP contribution in [0.5, 0.6) is 5.88 Å². The molecule has 3 nitrogen and oxygen atoms in total. The van der Waals surface area contributed by atoms with Crippen molar-refractivity contribution < 1.29 is 4.74 Å². The summed E-state index contributed by atoms with van der Waals surface area (Å²) < 4.78 is 6.59. The number of aromatic nitrogens is 1. The van der Waals surface area contributed by atoms with Crippen molar-refractivity contribution in [2.75, 3.05) is 7.05 Å². The number of nitrogens with zero attached hydrogens (tertiary/aromatic N) is 1. The quantitative estimate of drug-likeness (QED) is 0.900. The lowest BCUT2D eigenvalue weighted by Crippen LogP contribution is -2.36. The van der Waals surface area contributed by atoms with Crippen LogP contribution >= 0.6 is 15.9 Å². The van der Waals surface area contributed by atoms with Gasteiger partial charge in [-0.05, 0) is 42.9 Å². The lowest BCUT2D eigenvalue weighted by Gasteiger charge is -2.20. The maximum atomic E-state index is 5.63. The van der Waals surface area contributed by atoms with Gasteiger partial charge in [0.25, 0.3) is 0 Å². The van der Waals surface area contributed by atoms with Crippen LogP contribution in [0, 0.1) is 0 Å². The molecule has 4 heteroatoms. The van der Waals surface area contributed by atoms with E-state index in [1.54, 1.807) is 6.20 Å². The molecule has 0 bridgehead atoms. The Morgan fingerprint density at radius 1 is 1.43 bits per heavy atom. The summed E-state index contributed by atoms with van der Waals surface area (Å²) in [5.74, 6) is 0.655. The van der Waals surface area contributed by atoms with Crippen molar-refractivity contribution in [1.29, 1.82) is 0 Å². The maximum Gasteiger partial charge on any atom is 0.213 e. The molecule has 0 aliphatic heterocycles. The number of hydrogen-bond acceptors (Lipinski definition) is 3. The highest BCUT2D eigenvalue weighted by Crippen LogP contribution is 2.14. The van der Waals surface area contributed by atoms with E-state index in [1.165, 1.54) is 0 Å². The van der Waals surface area contributed by atoms with Gasteiger partial charge in [0.05, 0.1) is 0 Å². The fourth-order valence-corrected chi connectivity index (χ4v) is 1.19. The predicted octanol–water partition coefficient (Wildman–Crippen LogP) is 2.22. The van der Waals surface area contributed by atoms with Crippen molar-refractivity contribution >= 4 is 15.9 Å². The first kappa shape index (κ1) is 11.5. The molecule has 1 N–H and O–H groups in total. The number of rotatable bonds is 4. The zero-order chi connectivity index (χ0) is 10.6. The summed E-state index contributed by atoms with van der Waals surface area (Å²) in [6.07, 6.45) is 1.83. The van der Waals surface area contributed by atoms with Gasteiger partial charge >= 0.3 is 0 Å². The molecule has 0 fully saturated rings. The van der Waals surface area contributed by atoms with Gasteiger partial charge in [-0.25, -0.2) is 4.98 Å². The molecule has 0 aliphatic carbocycles. The second-order valence-electron chi connectivity index (χ2n) is 3.21. The largest absolute Gasteiger partial charge is 0.473 e. The van der Waals surface area contributed by atoms with Crippen molar-refractivity contribution in [3.63, 3.8) is 0 Å². The third kappa shape index (κ3) is 3.27. The summed E-state index contributed by atoms with van der Waals surface area (Å²) in [6.45, 7) is 4.09. The van der Waals surface area contributed by atoms with Crippen LogP contribution in [0.4, 0.5) is 0 Å². The normalized spacial score (nSPS) is 14.9. The molecule has 0 radical (unpaired) electrons. The van der Waals surface area contributed by atoms with Crippen molar-refractivity contribution in [1.82, 2.24) is 10.3 Å². The van der Waals surface area contributed by atoms with Crippen LogP contribution in [-0.4, -0.2) is 24.2 Å². The minimum Gasteiger partial charge on any atom is -0.473 e. The average molecular weight is 259 g/mol. The summed E-state index contributed by atoms with van der Waals surface area (Å²) in [7, 11) is 1.92. The second-order valence-corrected chi connectivity index (χ2v) is 4.13. The van der Waals surface area contributed by atoms with Gasteiger partial charge in [-0.2, -0.15) is 0 Å². The van der Waals surface area contributed by atoms with E-state index >= 15 is 0 Å². The predicted molar refractivity (Wildman–Crippen MR) is 60.5 cm³/mol. The molecule has 1 aromatic rings. The van der Waals surface area contributed by atoms with Crippen LogP contribution in [0.3, 0.4) is 0 Å². The Bertz CT molecular complexity index is 276. The molecular formula is C10H15BrN2O. The van der Waals surface area contributed by atoms with Crippen molar-refractivity contribution in [2.24, 2.45) is 0 Å². The standard InChI is InChI=1S/C10H15BrN2O/c1-7(12-3)8(2)14-10-5-4-9(11)6-13-10/h4-8,12H,1-3H3/t7-,8-/m0/s1. The minimum absolute atomic E-state index is 0.105. The topological polar surface area (TPSA) is 34.1 Å². The molecule has 1 aromatic heterocycles. The zero-order valence-corrected chi connectivity index (χ0v) is 10.2. The van der Waals surface area contributed by atoms with E-state index in [-0.39, 0.29) is 6.10 Å². The molecule has 0 unspecified atom stereocenters. The summed E-state index contributed by atoms with van der Waals surface area (Å²) in [4.78, 5) is 4.14. The summed E-state index contributed by atoms with van der Waals surface area (Å²) in [6, 6.07) is 4.07. The SMILES string of the molecule is CN[C@@H](C)[C@H](C)Oc1ccc(Br)cn1. The van der Waals surface area contributed by atoms with Gasteiger partial charge in [-0.3, -0.25) is 0 Å². The first-order valence-electron chi connectivity index (χ1n) is 4.59. The number of likely N-dealkylation sites (N-methyl/N-ethyl adjacent to an activating group) is 1. The maximum absolute atomic E-state index is 5.63. The van der Waals surface area contributed by atoms with Gasteiger partial charge in [-0.1, -0.05) is 0 Å². The van der Waals surface area contributed by atoms with E-state index < -0.39 is 0 Å². The Labute approximate surface area is 93.0 Å². The highest BCUT2D eigenvalue weighted by Gasteiger charge is 2.11. The minimum atomic E-state index is 0.105. The highest BCUT2D eigenvalue weighted by molar-refractivity contribution is 9.10. The molecule has 1 rings (SSSR count). The molecular weight excluding hydrogens is 244 g/mol. The summed E-state index contributed by atoms with van der Waals surface area (Å²) in [5, 5.41) is 3.13. The molecule has 1 heterocycles. The van der Waals surface area contributed by atoms with Crippen LogP contribution < -0.4 is 10.1 Å². The van der Waals surface area contributed by atoms with Crippen LogP contribution in [0.1, 0.15) is 13.8 Å².